The van der Waals surface area contributed by atoms with Crippen LogP contribution in [0.4, 0.5) is 0 Å². The van der Waals surface area contributed by atoms with Gasteiger partial charge in [0, 0.05) is 23.4 Å². The molecule has 0 spiro atoms. The molecule has 0 fully saturated rings. The van der Waals surface area contributed by atoms with Crippen LogP contribution < -0.4 is 5.32 Å². The fourth-order valence-electron chi connectivity index (χ4n) is 1.52. The third-order valence-corrected chi connectivity index (χ3v) is 3.84. The van der Waals surface area contributed by atoms with Crippen LogP contribution in [0.1, 0.15) is 62.5 Å². The molecule has 1 aromatic rings. The van der Waals surface area contributed by atoms with Gasteiger partial charge in [-0.05, 0) is 6.42 Å². The highest BCUT2D eigenvalue weighted by atomic mass is 32.1. The van der Waals surface area contributed by atoms with Crippen LogP contribution in [0.2, 0.25) is 0 Å². The van der Waals surface area contributed by atoms with Crippen LogP contribution in [-0.2, 0) is 13.0 Å². The monoisotopic (exact) mass is 240 g/mol. The largest absolute Gasteiger partial charge is 0.310 e. The van der Waals surface area contributed by atoms with E-state index in [1.165, 1.54) is 22.0 Å². The second-order valence-electron chi connectivity index (χ2n) is 4.86. The van der Waals surface area contributed by atoms with Gasteiger partial charge in [0.05, 0.1) is 10.7 Å². The summed E-state index contributed by atoms with van der Waals surface area (Å²) in [5, 5.41) is 4.76. The van der Waals surface area contributed by atoms with Gasteiger partial charge in [-0.3, -0.25) is 0 Å². The molecule has 1 N–H and O–H groups in total. The molecule has 1 rings (SSSR count). The summed E-state index contributed by atoms with van der Waals surface area (Å²) in [4.78, 5) is 6.19. The maximum Gasteiger partial charge on any atom is 0.0957 e. The molecule has 0 amide bonds. The number of rotatable bonds is 6. The molecule has 3 heteroatoms. The zero-order chi connectivity index (χ0) is 12.1. The number of nitrogens with zero attached hydrogens (tertiary/aromatic N) is 1. The minimum Gasteiger partial charge on any atom is -0.310 e. The number of aryl methyl sites for hydroxylation is 1. The first kappa shape index (κ1) is 13.7. The average molecular weight is 240 g/mol. The minimum atomic E-state index is 0.541. The third kappa shape index (κ3) is 3.87. The van der Waals surface area contributed by atoms with Crippen LogP contribution in [0.3, 0.4) is 0 Å². The maximum atomic E-state index is 4.76. The fraction of sp³-hybridized carbons (Fsp3) is 0.769. The van der Waals surface area contributed by atoms with Crippen molar-refractivity contribution in [1.29, 1.82) is 0 Å². The van der Waals surface area contributed by atoms with E-state index in [2.05, 4.69) is 39.9 Å². The average Bonchev–Trinajstić information content (AvgIpc) is 2.59. The molecule has 0 radical (unpaired) electrons. The molecule has 0 saturated carbocycles. The summed E-state index contributed by atoms with van der Waals surface area (Å²) in [6, 6.07) is 0.541. The number of hydrogen-bond acceptors (Lipinski definition) is 3. The van der Waals surface area contributed by atoms with E-state index in [1.807, 2.05) is 11.3 Å². The Morgan fingerprint density at radius 2 is 1.94 bits per heavy atom. The van der Waals surface area contributed by atoms with Gasteiger partial charge in [0.1, 0.15) is 0 Å². The lowest BCUT2D eigenvalue weighted by molar-refractivity contribution is 0.589. The molecule has 0 aliphatic carbocycles. The van der Waals surface area contributed by atoms with Gasteiger partial charge in [-0.15, -0.1) is 11.3 Å². The van der Waals surface area contributed by atoms with Crippen LogP contribution in [0.15, 0.2) is 0 Å². The topological polar surface area (TPSA) is 24.9 Å². The van der Waals surface area contributed by atoms with Crippen molar-refractivity contribution in [2.75, 3.05) is 0 Å². The Morgan fingerprint density at radius 3 is 2.44 bits per heavy atom. The normalized spacial score (nSPS) is 11.7. The van der Waals surface area contributed by atoms with E-state index in [0.717, 1.165) is 13.0 Å². The lowest BCUT2D eigenvalue weighted by Gasteiger charge is -2.07. The molecular weight excluding hydrogens is 216 g/mol. The molecule has 1 heterocycles. The van der Waals surface area contributed by atoms with Gasteiger partial charge in [-0.1, -0.05) is 41.0 Å². The number of hydrogen-bond donors (Lipinski definition) is 1. The SMILES string of the molecule is CCCc1nc(C(C)C)sc1CNC(C)C. The standard InChI is InChI=1S/C13H24N2S/c1-6-7-11-12(8-14-10(4)5)16-13(15-11)9(2)3/h9-10,14H,6-8H2,1-5H3. The van der Waals surface area contributed by atoms with Crippen molar-refractivity contribution in [3.05, 3.63) is 15.6 Å². The third-order valence-electron chi connectivity index (χ3n) is 2.45. The van der Waals surface area contributed by atoms with Crippen LogP contribution in [0, 0.1) is 0 Å². The maximum absolute atomic E-state index is 4.76. The Morgan fingerprint density at radius 1 is 1.25 bits per heavy atom. The fourth-order valence-corrected chi connectivity index (χ4v) is 2.58. The highest BCUT2D eigenvalue weighted by Gasteiger charge is 2.12. The molecule has 92 valence electrons. The molecule has 0 bridgehead atoms. The zero-order valence-electron chi connectivity index (χ0n) is 11.1. The Hall–Kier alpha value is -0.410. The van der Waals surface area contributed by atoms with Crippen molar-refractivity contribution >= 4 is 11.3 Å². The second-order valence-corrected chi connectivity index (χ2v) is 5.98. The molecule has 16 heavy (non-hydrogen) atoms. The number of nitrogens with one attached hydrogen (secondary N) is 1. The van der Waals surface area contributed by atoms with Crippen molar-refractivity contribution in [2.24, 2.45) is 0 Å². The number of thiazole rings is 1. The summed E-state index contributed by atoms with van der Waals surface area (Å²) in [6.07, 6.45) is 2.29. The van der Waals surface area contributed by atoms with Gasteiger partial charge in [0.15, 0.2) is 0 Å². The van der Waals surface area contributed by atoms with E-state index < -0.39 is 0 Å². The molecule has 0 atom stereocenters. The van der Waals surface area contributed by atoms with Crippen molar-refractivity contribution in [3.8, 4) is 0 Å². The van der Waals surface area contributed by atoms with Gasteiger partial charge in [-0.25, -0.2) is 4.98 Å². The first-order valence-corrected chi connectivity index (χ1v) is 7.08. The zero-order valence-corrected chi connectivity index (χ0v) is 11.9. The van der Waals surface area contributed by atoms with Gasteiger partial charge in [0.25, 0.3) is 0 Å². The van der Waals surface area contributed by atoms with Crippen LogP contribution >= 0.6 is 11.3 Å². The smallest absolute Gasteiger partial charge is 0.0957 e. The second kappa shape index (κ2) is 6.36. The Labute approximate surface area is 103 Å². The molecule has 0 aliphatic rings. The molecule has 2 nitrogen and oxygen atoms in total. The summed E-state index contributed by atoms with van der Waals surface area (Å²) >= 11 is 1.88. The lowest BCUT2D eigenvalue weighted by atomic mass is 10.2. The van der Waals surface area contributed by atoms with Crippen molar-refractivity contribution in [1.82, 2.24) is 10.3 Å². The first-order chi connectivity index (χ1) is 7.54. The molecule has 0 saturated heterocycles. The van der Waals surface area contributed by atoms with Gasteiger partial charge < -0.3 is 5.32 Å². The van der Waals surface area contributed by atoms with Crippen molar-refractivity contribution in [2.45, 2.75) is 66.0 Å². The van der Waals surface area contributed by atoms with Gasteiger partial charge in [-0.2, -0.15) is 0 Å². The highest BCUT2D eigenvalue weighted by molar-refractivity contribution is 7.11. The molecule has 0 aromatic carbocycles. The summed E-state index contributed by atoms with van der Waals surface area (Å²) in [5.41, 5.74) is 1.31. The van der Waals surface area contributed by atoms with E-state index >= 15 is 0 Å². The molecule has 0 unspecified atom stereocenters. The van der Waals surface area contributed by atoms with Gasteiger partial charge in [0.2, 0.25) is 0 Å². The van der Waals surface area contributed by atoms with E-state index in [1.54, 1.807) is 0 Å². The van der Waals surface area contributed by atoms with E-state index in [9.17, 15) is 0 Å². The summed E-state index contributed by atoms with van der Waals surface area (Å²) in [6.45, 7) is 12.0. The molecule has 1 aromatic heterocycles. The van der Waals surface area contributed by atoms with E-state index in [-0.39, 0.29) is 0 Å². The van der Waals surface area contributed by atoms with Crippen molar-refractivity contribution in [3.63, 3.8) is 0 Å². The quantitative estimate of drug-likeness (QED) is 0.820. The Bertz CT molecular complexity index is 316. The molecular formula is C13H24N2S. The summed E-state index contributed by atoms with van der Waals surface area (Å²) in [7, 11) is 0. The van der Waals surface area contributed by atoms with Gasteiger partial charge >= 0.3 is 0 Å². The Balaban J connectivity index is 2.78. The summed E-state index contributed by atoms with van der Waals surface area (Å²) in [5.74, 6) is 0.549. The predicted molar refractivity (Wildman–Crippen MR) is 72.2 cm³/mol. The molecule has 0 aliphatic heterocycles. The Kier molecular flexibility index (Phi) is 5.42. The van der Waals surface area contributed by atoms with Crippen molar-refractivity contribution < 1.29 is 0 Å². The minimum absolute atomic E-state index is 0.541. The highest BCUT2D eigenvalue weighted by Crippen LogP contribution is 2.25. The number of aromatic nitrogens is 1. The predicted octanol–water partition coefficient (Wildman–Crippen LogP) is 3.72. The summed E-state index contributed by atoms with van der Waals surface area (Å²) < 4.78 is 0. The van der Waals surface area contributed by atoms with Crippen LogP contribution in [0.5, 0.6) is 0 Å². The first-order valence-electron chi connectivity index (χ1n) is 6.26. The van der Waals surface area contributed by atoms with E-state index in [0.29, 0.717) is 12.0 Å². The lowest BCUT2D eigenvalue weighted by Crippen LogP contribution is -2.21. The van der Waals surface area contributed by atoms with Crippen LogP contribution in [-0.4, -0.2) is 11.0 Å². The van der Waals surface area contributed by atoms with Crippen LogP contribution in [0.25, 0.3) is 0 Å². The van der Waals surface area contributed by atoms with E-state index in [4.69, 9.17) is 4.98 Å².